The number of halogens is 2. The zero-order chi connectivity index (χ0) is 31.6. The zero-order valence-electron chi connectivity index (χ0n) is 25.7. The number of aromatic nitrogens is 2. The molecule has 1 atom stereocenters. The summed E-state index contributed by atoms with van der Waals surface area (Å²) < 4.78 is 47.2. The van der Waals surface area contributed by atoms with E-state index in [1.165, 1.54) is 19.2 Å². The molecule has 0 radical (unpaired) electrons. The van der Waals surface area contributed by atoms with Gasteiger partial charge in [-0.25, -0.2) is 18.6 Å². The summed E-state index contributed by atoms with van der Waals surface area (Å²) in [6, 6.07) is 8.80. The predicted molar refractivity (Wildman–Crippen MR) is 164 cm³/mol. The Balaban J connectivity index is 1.16. The number of aromatic amines is 1. The van der Waals surface area contributed by atoms with Crippen molar-refractivity contribution in [3.8, 4) is 0 Å². The third kappa shape index (κ3) is 6.55. The first-order valence-electron chi connectivity index (χ1n) is 15.7. The Morgan fingerprint density at radius 2 is 1.87 bits per heavy atom. The molecule has 2 amide bonds. The van der Waals surface area contributed by atoms with E-state index >= 15 is 8.78 Å². The van der Waals surface area contributed by atoms with Gasteiger partial charge in [-0.1, -0.05) is 13.0 Å². The van der Waals surface area contributed by atoms with Crippen LogP contribution in [-0.4, -0.2) is 85.7 Å². The summed E-state index contributed by atoms with van der Waals surface area (Å²) in [5.41, 5.74) is 3.10. The van der Waals surface area contributed by atoms with Gasteiger partial charge in [-0.3, -0.25) is 4.79 Å². The monoisotopic (exact) mass is 626 g/mol. The molecule has 1 aromatic heterocycles. The number of hydrogen-bond acceptors (Lipinski definition) is 8. The molecular weight excluding hydrogens is 586 g/mol. The molecule has 242 valence electrons. The Kier molecular flexibility index (Phi) is 9.09. The Labute approximate surface area is 260 Å². The van der Waals surface area contributed by atoms with Crippen LogP contribution in [-0.2, 0) is 25.5 Å². The van der Waals surface area contributed by atoms with E-state index in [2.05, 4.69) is 19.9 Å². The van der Waals surface area contributed by atoms with Gasteiger partial charge < -0.3 is 39.2 Å². The van der Waals surface area contributed by atoms with Crippen LogP contribution < -0.4 is 15.1 Å². The molecular formula is C32H40F2N6O5. The van der Waals surface area contributed by atoms with E-state index in [1.54, 1.807) is 9.80 Å². The van der Waals surface area contributed by atoms with Crippen molar-refractivity contribution in [2.24, 2.45) is 0 Å². The van der Waals surface area contributed by atoms with Crippen molar-refractivity contribution in [3.63, 3.8) is 0 Å². The second-order valence-electron chi connectivity index (χ2n) is 11.8. The van der Waals surface area contributed by atoms with Gasteiger partial charge in [0.2, 0.25) is 5.91 Å². The van der Waals surface area contributed by atoms with Crippen molar-refractivity contribution in [1.82, 2.24) is 20.2 Å². The molecule has 45 heavy (non-hydrogen) atoms. The van der Waals surface area contributed by atoms with Crippen LogP contribution in [0.25, 0.3) is 11.0 Å². The van der Waals surface area contributed by atoms with Crippen LogP contribution >= 0.6 is 0 Å². The summed E-state index contributed by atoms with van der Waals surface area (Å²) in [5.74, 6) is -1.37. The fourth-order valence-electron chi connectivity index (χ4n) is 6.73. The molecule has 13 heteroatoms. The summed E-state index contributed by atoms with van der Waals surface area (Å²) in [6.07, 6.45) is 2.95. The molecule has 3 aliphatic rings. The van der Waals surface area contributed by atoms with Gasteiger partial charge in [-0.2, -0.15) is 0 Å². The number of piperidine rings is 1. The summed E-state index contributed by atoms with van der Waals surface area (Å²) in [5, 5.41) is 2.43. The minimum Gasteiger partial charge on any atom is -0.453 e. The van der Waals surface area contributed by atoms with E-state index in [9.17, 15) is 9.59 Å². The SMILES string of the molecule is CCCN(Cc1nc2cc([C@H]3CCCN3c3cc(F)c(N4CCC5(CC4)OCCO5)c(F)c3)ccc2[nH]1)C(=O)CNC(=O)OC. The van der Waals surface area contributed by atoms with E-state index in [0.29, 0.717) is 63.7 Å². The van der Waals surface area contributed by atoms with Crippen LogP contribution in [0.3, 0.4) is 0 Å². The molecule has 3 aromatic rings. The Bertz CT molecular complexity index is 1510. The maximum Gasteiger partial charge on any atom is 0.407 e. The lowest BCUT2D eigenvalue weighted by Gasteiger charge is -2.39. The number of alkyl carbamates (subject to hydrolysis) is 1. The van der Waals surface area contributed by atoms with Crippen molar-refractivity contribution in [2.45, 2.75) is 57.4 Å². The van der Waals surface area contributed by atoms with Crippen molar-refractivity contribution >= 4 is 34.4 Å². The van der Waals surface area contributed by atoms with Crippen LogP contribution in [0, 0.1) is 11.6 Å². The van der Waals surface area contributed by atoms with Gasteiger partial charge in [-0.15, -0.1) is 0 Å². The summed E-state index contributed by atoms with van der Waals surface area (Å²) in [4.78, 5) is 37.6. The summed E-state index contributed by atoms with van der Waals surface area (Å²) in [6.45, 7) is 5.28. The highest BCUT2D eigenvalue weighted by Crippen LogP contribution is 2.40. The highest BCUT2D eigenvalue weighted by molar-refractivity contribution is 5.82. The molecule has 4 heterocycles. The lowest BCUT2D eigenvalue weighted by Crippen LogP contribution is -2.45. The molecule has 3 aliphatic heterocycles. The number of nitrogens with zero attached hydrogens (tertiary/aromatic N) is 4. The van der Waals surface area contributed by atoms with Gasteiger partial charge in [0, 0.05) is 44.7 Å². The number of carbonyl (C=O) groups excluding carboxylic acids is 2. The van der Waals surface area contributed by atoms with Crippen LogP contribution in [0.1, 0.15) is 56.5 Å². The lowest BCUT2D eigenvalue weighted by atomic mass is 10.0. The Morgan fingerprint density at radius 3 is 2.56 bits per heavy atom. The number of nitrogens with one attached hydrogen (secondary N) is 2. The maximum atomic E-state index is 15.5. The molecule has 0 bridgehead atoms. The van der Waals surface area contributed by atoms with Crippen LogP contribution in [0.4, 0.5) is 25.0 Å². The first-order chi connectivity index (χ1) is 21.8. The minimum absolute atomic E-state index is 0.00416. The molecule has 1 spiro atoms. The number of carbonyl (C=O) groups is 2. The normalized spacial score (nSPS) is 19.4. The fraction of sp³-hybridized carbons (Fsp3) is 0.531. The number of imidazole rings is 1. The number of amides is 2. The largest absolute Gasteiger partial charge is 0.453 e. The third-order valence-electron chi connectivity index (χ3n) is 8.94. The van der Waals surface area contributed by atoms with Gasteiger partial charge in [0.15, 0.2) is 17.4 Å². The molecule has 6 rings (SSSR count). The number of hydrogen-bond donors (Lipinski definition) is 2. The molecule has 3 saturated heterocycles. The second-order valence-corrected chi connectivity index (χ2v) is 11.8. The molecule has 0 unspecified atom stereocenters. The number of fused-ring (bicyclic) bond motifs is 1. The van der Waals surface area contributed by atoms with E-state index < -0.39 is 23.5 Å². The molecule has 3 fully saturated rings. The van der Waals surface area contributed by atoms with Gasteiger partial charge in [0.25, 0.3) is 0 Å². The Morgan fingerprint density at radius 1 is 1.13 bits per heavy atom. The van der Waals surface area contributed by atoms with Gasteiger partial charge in [0.05, 0.1) is 43.9 Å². The smallest absolute Gasteiger partial charge is 0.407 e. The predicted octanol–water partition coefficient (Wildman–Crippen LogP) is 4.62. The highest BCUT2D eigenvalue weighted by atomic mass is 19.1. The molecule has 0 aliphatic carbocycles. The Hall–Kier alpha value is -3.97. The maximum absolute atomic E-state index is 15.5. The topological polar surface area (TPSA) is 112 Å². The van der Waals surface area contributed by atoms with Crippen LogP contribution in [0.2, 0.25) is 0 Å². The van der Waals surface area contributed by atoms with Crippen molar-refractivity contribution < 1.29 is 32.6 Å². The highest BCUT2D eigenvalue weighted by Gasteiger charge is 2.41. The lowest BCUT2D eigenvalue weighted by molar-refractivity contribution is -0.169. The van der Waals surface area contributed by atoms with E-state index in [0.717, 1.165) is 35.9 Å². The molecule has 11 nitrogen and oxygen atoms in total. The number of ether oxygens (including phenoxy) is 3. The van der Waals surface area contributed by atoms with Gasteiger partial charge in [0.1, 0.15) is 18.1 Å². The number of rotatable bonds is 9. The van der Waals surface area contributed by atoms with Crippen molar-refractivity contribution in [1.29, 1.82) is 0 Å². The van der Waals surface area contributed by atoms with Gasteiger partial charge in [-0.05, 0) is 49.1 Å². The minimum atomic E-state index is -0.663. The average molecular weight is 627 g/mol. The van der Waals surface area contributed by atoms with Gasteiger partial charge >= 0.3 is 6.09 Å². The average Bonchev–Trinajstić information content (AvgIpc) is 3.80. The quantitative estimate of drug-likeness (QED) is 0.354. The first kappa shape index (κ1) is 31.0. The first-order valence-corrected chi connectivity index (χ1v) is 15.7. The van der Waals surface area contributed by atoms with Crippen molar-refractivity contribution in [3.05, 3.63) is 53.4 Å². The molecule has 2 N–H and O–H groups in total. The van der Waals surface area contributed by atoms with Crippen LogP contribution in [0.15, 0.2) is 30.3 Å². The standard InChI is InChI=1S/C32H40F2N6O5/c1-3-10-39(29(41)19-35-31(42)43-2)20-28-36-25-7-6-21(16-26(25)37-28)27-5-4-11-40(27)22-17-23(33)30(24(34)18-22)38-12-8-32(9-13-38)44-14-15-45-32/h6-7,16-18,27H,3-5,8-15,19-20H2,1-2H3,(H,35,42)(H,36,37)/t27-/m1/s1. The molecule has 0 saturated carbocycles. The number of anilines is 2. The summed E-state index contributed by atoms with van der Waals surface area (Å²) in [7, 11) is 1.25. The van der Waals surface area contributed by atoms with Crippen molar-refractivity contribution in [2.75, 3.05) is 62.8 Å². The van der Waals surface area contributed by atoms with Crippen LogP contribution in [0.5, 0.6) is 0 Å². The van der Waals surface area contributed by atoms with E-state index in [4.69, 9.17) is 14.5 Å². The number of benzene rings is 2. The summed E-state index contributed by atoms with van der Waals surface area (Å²) >= 11 is 0. The van der Waals surface area contributed by atoms with E-state index in [1.807, 2.05) is 25.1 Å². The van der Waals surface area contributed by atoms with E-state index in [-0.39, 0.29) is 30.7 Å². The fourth-order valence-corrected chi connectivity index (χ4v) is 6.73. The zero-order valence-corrected chi connectivity index (χ0v) is 25.7. The molecule has 2 aromatic carbocycles. The second kappa shape index (κ2) is 13.2. The third-order valence-corrected chi connectivity index (χ3v) is 8.94. The number of H-pyrrole nitrogens is 1. The number of methoxy groups -OCH3 is 1.